The molecule has 0 fully saturated rings. The number of rotatable bonds is 5. The molecule has 2 aromatic carbocycles. The fourth-order valence-corrected chi connectivity index (χ4v) is 2.05. The van der Waals surface area contributed by atoms with E-state index >= 15 is 0 Å². The minimum Gasteiger partial charge on any atom is -0.459 e. The van der Waals surface area contributed by atoms with Crippen LogP contribution in [0.5, 0.6) is 6.01 Å². The van der Waals surface area contributed by atoms with E-state index in [1.165, 1.54) is 12.1 Å². The Labute approximate surface area is 142 Å². The van der Waals surface area contributed by atoms with Gasteiger partial charge in [0.05, 0.1) is 6.20 Å². The lowest BCUT2D eigenvalue weighted by atomic mass is 10.2. The Kier molecular flexibility index (Phi) is 4.94. The van der Waals surface area contributed by atoms with Gasteiger partial charge in [0.2, 0.25) is 0 Å². The number of aromatic nitrogens is 2. The van der Waals surface area contributed by atoms with Crippen LogP contribution in [0.25, 0.3) is 0 Å². The zero-order valence-corrected chi connectivity index (χ0v) is 12.9. The Morgan fingerprint density at radius 2 is 1.88 bits per heavy atom. The summed E-state index contributed by atoms with van der Waals surface area (Å²) in [5.74, 6) is -1.98. The summed E-state index contributed by atoms with van der Waals surface area (Å²) in [6.45, 7) is 0.00939. The lowest BCUT2D eigenvalue weighted by molar-refractivity contribution is 0.102. The molecule has 25 heavy (non-hydrogen) atoms. The fraction of sp³-hybridized carbons (Fsp3) is 0.0556. The van der Waals surface area contributed by atoms with E-state index in [4.69, 9.17) is 4.74 Å². The SMILES string of the molecule is O=C(Nc1nc(OCc2cccc(F)c2)ncc1F)c1ccccc1. The second-order valence-electron chi connectivity index (χ2n) is 5.09. The van der Waals surface area contributed by atoms with Crippen molar-refractivity contribution in [2.45, 2.75) is 6.61 Å². The van der Waals surface area contributed by atoms with Crippen molar-refractivity contribution >= 4 is 11.7 Å². The van der Waals surface area contributed by atoms with Crippen molar-refractivity contribution in [1.82, 2.24) is 9.97 Å². The molecule has 0 aliphatic rings. The zero-order valence-electron chi connectivity index (χ0n) is 12.9. The fourth-order valence-electron chi connectivity index (χ4n) is 2.05. The number of benzene rings is 2. The molecule has 0 radical (unpaired) electrons. The number of nitrogens with one attached hydrogen (secondary N) is 1. The van der Waals surface area contributed by atoms with Gasteiger partial charge in [-0.2, -0.15) is 4.98 Å². The summed E-state index contributed by atoms with van der Waals surface area (Å²) in [7, 11) is 0. The third-order valence-electron chi connectivity index (χ3n) is 3.25. The summed E-state index contributed by atoms with van der Waals surface area (Å²) >= 11 is 0. The average molecular weight is 341 g/mol. The van der Waals surface area contributed by atoms with Crippen LogP contribution < -0.4 is 10.1 Å². The van der Waals surface area contributed by atoms with Gasteiger partial charge in [0.15, 0.2) is 11.6 Å². The Hall–Kier alpha value is -3.35. The topological polar surface area (TPSA) is 64.1 Å². The number of nitrogens with zero attached hydrogens (tertiary/aromatic N) is 2. The molecule has 0 saturated heterocycles. The molecule has 126 valence electrons. The summed E-state index contributed by atoms with van der Waals surface area (Å²) in [5.41, 5.74) is 0.936. The van der Waals surface area contributed by atoms with Gasteiger partial charge in [-0.25, -0.2) is 13.8 Å². The molecule has 1 N–H and O–H groups in total. The highest BCUT2D eigenvalue weighted by molar-refractivity contribution is 6.03. The van der Waals surface area contributed by atoms with E-state index in [0.717, 1.165) is 6.20 Å². The van der Waals surface area contributed by atoms with Gasteiger partial charge in [0, 0.05) is 5.56 Å². The molecule has 3 aromatic rings. The van der Waals surface area contributed by atoms with Crippen LogP contribution in [-0.4, -0.2) is 15.9 Å². The number of carbonyl (C=O) groups is 1. The lowest BCUT2D eigenvalue weighted by Gasteiger charge is -2.08. The van der Waals surface area contributed by atoms with Crippen LogP contribution in [0.15, 0.2) is 60.8 Å². The molecule has 0 atom stereocenters. The van der Waals surface area contributed by atoms with E-state index < -0.39 is 17.5 Å². The minimum absolute atomic E-state index is 0.00939. The van der Waals surface area contributed by atoms with E-state index in [1.807, 2.05) is 0 Å². The quantitative estimate of drug-likeness (QED) is 0.770. The van der Waals surface area contributed by atoms with Gasteiger partial charge in [0.1, 0.15) is 12.4 Å². The van der Waals surface area contributed by atoms with Crippen LogP contribution >= 0.6 is 0 Å². The number of ether oxygens (including phenoxy) is 1. The molecule has 0 bridgehead atoms. The van der Waals surface area contributed by atoms with Gasteiger partial charge in [0.25, 0.3) is 5.91 Å². The van der Waals surface area contributed by atoms with Gasteiger partial charge in [-0.05, 0) is 29.8 Å². The molecular weight excluding hydrogens is 328 g/mol. The molecule has 0 aliphatic heterocycles. The standard InChI is InChI=1S/C18H13F2N3O2/c19-14-8-4-5-12(9-14)11-25-18-21-10-15(20)16(23-18)22-17(24)13-6-2-1-3-7-13/h1-10H,11H2,(H,21,22,23,24). The molecule has 1 amide bonds. The van der Waals surface area contributed by atoms with Crippen molar-refractivity contribution < 1.29 is 18.3 Å². The highest BCUT2D eigenvalue weighted by atomic mass is 19.1. The molecule has 3 rings (SSSR count). The number of carbonyl (C=O) groups excluding carboxylic acids is 1. The Bertz CT molecular complexity index is 888. The molecular formula is C18H13F2N3O2. The van der Waals surface area contributed by atoms with Crippen molar-refractivity contribution in [3.8, 4) is 6.01 Å². The largest absolute Gasteiger partial charge is 0.459 e. The Morgan fingerprint density at radius 1 is 1.08 bits per heavy atom. The molecule has 0 aliphatic carbocycles. The van der Waals surface area contributed by atoms with Crippen LogP contribution in [0.4, 0.5) is 14.6 Å². The van der Waals surface area contributed by atoms with Crippen molar-refractivity contribution in [3.05, 3.63) is 83.6 Å². The van der Waals surface area contributed by atoms with Crippen LogP contribution in [0.3, 0.4) is 0 Å². The van der Waals surface area contributed by atoms with Gasteiger partial charge in [-0.15, -0.1) is 0 Å². The first kappa shape index (κ1) is 16.5. The number of hydrogen-bond acceptors (Lipinski definition) is 4. The van der Waals surface area contributed by atoms with Crippen LogP contribution in [0.2, 0.25) is 0 Å². The lowest BCUT2D eigenvalue weighted by Crippen LogP contribution is -2.15. The normalized spacial score (nSPS) is 10.3. The van der Waals surface area contributed by atoms with Crippen LogP contribution in [0.1, 0.15) is 15.9 Å². The minimum atomic E-state index is -0.789. The molecule has 0 unspecified atom stereocenters. The highest BCUT2D eigenvalue weighted by Gasteiger charge is 2.13. The van der Waals surface area contributed by atoms with E-state index in [0.29, 0.717) is 11.1 Å². The first-order chi connectivity index (χ1) is 12.1. The second-order valence-corrected chi connectivity index (χ2v) is 5.09. The second kappa shape index (κ2) is 7.48. The Balaban J connectivity index is 1.71. The van der Waals surface area contributed by atoms with Gasteiger partial charge in [-0.3, -0.25) is 4.79 Å². The maximum absolute atomic E-state index is 13.8. The number of hydrogen-bond donors (Lipinski definition) is 1. The van der Waals surface area contributed by atoms with E-state index in [-0.39, 0.29) is 18.4 Å². The summed E-state index contributed by atoms with van der Waals surface area (Å²) in [5, 5.41) is 2.37. The summed E-state index contributed by atoms with van der Waals surface area (Å²) in [6, 6.07) is 14.0. The number of anilines is 1. The summed E-state index contributed by atoms with van der Waals surface area (Å²) < 4.78 is 32.3. The number of amides is 1. The maximum Gasteiger partial charge on any atom is 0.318 e. The monoisotopic (exact) mass is 341 g/mol. The molecule has 7 heteroatoms. The third-order valence-corrected chi connectivity index (χ3v) is 3.25. The molecule has 0 saturated carbocycles. The summed E-state index contributed by atoms with van der Waals surface area (Å²) in [6.07, 6.45) is 0.897. The van der Waals surface area contributed by atoms with E-state index in [1.54, 1.807) is 42.5 Å². The zero-order chi connectivity index (χ0) is 17.6. The van der Waals surface area contributed by atoms with Gasteiger partial charge >= 0.3 is 6.01 Å². The highest BCUT2D eigenvalue weighted by Crippen LogP contribution is 2.16. The van der Waals surface area contributed by atoms with Gasteiger partial charge < -0.3 is 10.1 Å². The smallest absolute Gasteiger partial charge is 0.318 e. The molecule has 5 nitrogen and oxygen atoms in total. The predicted molar refractivity (Wildman–Crippen MR) is 87.1 cm³/mol. The van der Waals surface area contributed by atoms with Crippen LogP contribution in [-0.2, 0) is 6.61 Å². The third kappa shape index (κ3) is 4.35. The molecule has 0 spiro atoms. The molecule has 1 heterocycles. The average Bonchev–Trinajstić information content (AvgIpc) is 2.63. The first-order valence-corrected chi connectivity index (χ1v) is 7.38. The van der Waals surface area contributed by atoms with E-state index in [9.17, 15) is 13.6 Å². The van der Waals surface area contributed by atoms with E-state index in [2.05, 4.69) is 15.3 Å². The van der Waals surface area contributed by atoms with Crippen molar-refractivity contribution in [2.75, 3.05) is 5.32 Å². The predicted octanol–water partition coefficient (Wildman–Crippen LogP) is 3.59. The van der Waals surface area contributed by atoms with Gasteiger partial charge in [-0.1, -0.05) is 30.3 Å². The van der Waals surface area contributed by atoms with Crippen LogP contribution in [0, 0.1) is 11.6 Å². The maximum atomic E-state index is 13.8. The van der Waals surface area contributed by atoms with Crippen molar-refractivity contribution in [1.29, 1.82) is 0 Å². The number of halogens is 2. The molecule has 1 aromatic heterocycles. The summed E-state index contributed by atoms with van der Waals surface area (Å²) in [4.78, 5) is 19.6. The Morgan fingerprint density at radius 3 is 2.64 bits per heavy atom. The first-order valence-electron chi connectivity index (χ1n) is 7.38. The van der Waals surface area contributed by atoms with Crippen molar-refractivity contribution in [2.24, 2.45) is 0 Å². The van der Waals surface area contributed by atoms with Crippen molar-refractivity contribution in [3.63, 3.8) is 0 Å².